The Kier molecular flexibility index (Phi) is 3.98. The summed E-state index contributed by atoms with van der Waals surface area (Å²) < 4.78 is 0. The maximum absolute atomic E-state index is 11.5. The number of carbonyl (C=O) groups is 1. The summed E-state index contributed by atoms with van der Waals surface area (Å²) in [5.41, 5.74) is 1.64. The summed E-state index contributed by atoms with van der Waals surface area (Å²) in [5, 5.41) is 2.80. The minimum Gasteiger partial charge on any atom is -0.294 e. The molecule has 0 aliphatic carbocycles. The number of ketones is 1. The zero-order chi connectivity index (χ0) is 10.4. The average molecular weight is 191 g/mol. The van der Waals surface area contributed by atoms with Gasteiger partial charge in [-0.15, -0.1) is 0 Å². The fourth-order valence-corrected chi connectivity index (χ4v) is 1.37. The molecule has 0 unspecified atom stereocenters. The van der Waals surface area contributed by atoms with Gasteiger partial charge in [-0.3, -0.25) is 4.79 Å². The van der Waals surface area contributed by atoms with Crippen molar-refractivity contribution in [3.05, 3.63) is 40.3 Å². The largest absolute Gasteiger partial charge is 0.294 e. The van der Waals surface area contributed by atoms with Gasteiger partial charge in [0.05, 0.1) is 6.54 Å². The highest BCUT2D eigenvalue weighted by atomic mass is 16.3. The Morgan fingerprint density at radius 3 is 2.71 bits per heavy atom. The molecule has 0 fully saturated rings. The zero-order valence-corrected chi connectivity index (χ0v) is 8.19. The van der Waals surface area contributed by atoms with E-state index in [9.17, 15) is 9.70 Å². The predicted octanol–water partition coefficient (Wildman–Crippen LogP) is 2.59. The normalized spacial score (nSPS) is 9.79. The summed E-state index contributed by atoms with van der Waals surface area (Å²) in [6.45, 7) is 2.06. The molecule has 0 amide bonds. The summed E-state index contributed by atoms with van der Waals surface area (Å²) in [7, 11) is 0. The van der Waals surface area contributed by atoms with Crippen molar-refractivity contribution in [2.24, 2.45) is 5.18 Å². The molecule has 14 heavy (non-hydrogen) atoms. The van der Waals surface area contributed by atoms with Gasteiger partial charge < -0.3 is 0 Å². The fourth-order valence-electron chi connectivity index (χ4n) is 1.37. The van der Waals surface area contributed by atoms with Crippen molar-refractivity contribution in [1.29, 1.82) is 0 Å². The molecular weight excluding hydrogens is 178 g/mol. The minimum absolute atomic E-state index is 0.117. The van der Waals surface area contributed by atoms with Crippen LogP contribution in [0.3, 0.4) is 0 Å². The molecule has 1 aromatic rings. The van der Waals surface area contributed by atoms with E-state index in [1.165, 1.54) is 0 Å². The second-order valence-corrected chi connectivity index (χ2v) is 3.04. The summed E-state index contributed by atoms with van der Waals surface area (Å²) in [5.74, 6) is 0.117. The number of hydrogen-bond acceptors (Lipinski definition) is 3. The molecule has 3 nitrogen and oxygen atoms in total. The number of hydrogen-bond donors (Lipinski definition) is 0. The Morgan fingerprint density at radius 2 is 2.07 bits per heavy atom. The molecule has 0 saturated heterocycles. The van der Waals surface area contributed by atoms with E-state index in [0.29, 0.717) is 12.8 Å². The third-order valence-electron chi connectivity index (χ3n) is 2.11. The number of carbonyl (C=O) groups excluding carboxylic acids is 1. The second-order valence-electron chi connectivity index (χ2n) is 3.04. The molecule has 3 heteroatoms. The standard InChI is InChI=1S/C11H13NO2/c1-2-11(13)10-6-4-3-5-9(10)7-8-12-14/h3-6H,2,7-8H2,1H3. The molecule has 0 atom stereocenters. The van der Waals surface area contributed by atoms with Crippen molar-refractivity contribution in [2.45, 2.75) is 19.8 Å². The first kappa shape index (κ1) is 10.6. The Labute approximate surface area is 83.1 Å². The lowest BCUT2D eigenvalue weighted by Gasteiger charge is -2.04. The van der Waals surface area contributed by atoms with Crippen molar-refractivity contribution < 1.29 is 4.79 Å². The van der Waals surface area contributed by atoms with Crippen LogP contribution >= 0.6 is 0 Å². The molecule has 0 heterocycles. The van der Waals surface area contributed by atoms with Gasteiger partial charge in [0, 0.05) is 12.0 Å². The molecule has 0 saturated carbocycles. The first-order valence-corrected chi connectivity index (χ1v) is 4.69. The van der Waals surface area contributed by atoms with Crippen LogP contribution in [0.15, 0.2) is 29.4 Å². The second kappa shape index (κ2) is 5.27. The number of nitrogens with zero attached hydrogens (tertiary/aromatic N) is 1. The molecule has 0 aliphatic rings. The Hall–Kier alpha value is -1.51. The van der Waals surface area contributed by atoms with Gasteiger partial charge in [0.15, 0.2) is 5.78 Å². The topological polar surface area (TPSA) is 46.5 Å². The van der Waals surface area contributed by atoms with E-state index in [-0.39, 0.29) is 12.3 Å². The van der Waals surface area contributed by atoms with Crippen molar-refractivity contribution in [3.8, 4) is 0 Å². The van der Waals surface area contributed by atoms with E-state index in [1.807, 2.05) is 25.1 Å². The van der Waals surface area contributed by atoms with Gasteiger partial charge in [-0.25, -0.2) is 0 Å². The lowest BCUT2D eigenvalue weighted by molar-refractivity contribution is 0.0987. The van der Waals surface area contributed by atoms with Crippen LogP contribution in [0.2, 0.25) is 0 Å². The van der Waals surface area contributed by atoms with Gasteiger partial charge >= 0.3 is 0 Å². The third-order valence-corrected chi connectivity index (χ3v) is 2.11. The van der Waals surface area contributed by atoms with E-state index in [1.54, 1.807) is 6.07 Å². The van der Waals surface area contributed by atoms with Crippen LogP contribution < -0.4 is 0 Å². The van der Waals surface area contributed by atoms with Gasteiger partial charge in [-0.05, 0) is 12.0 Å². The number of rotatable bonds is 5. The zero-order valence-electron chi connectivity index (χ0n) is 8.19. The van der Waals surface area contributed by atoms with Crippen LogP contribution in [0.5, 0.6) is 0 Å². The molecule has 0 bridgehead atoms. The highest BCUT2D eigenvalue weighted by molar-refractivity contribution is 5.97. The van der Waals surface area contributed by atoms with Crippen LogP contribution in [0.4, 0.5) is 0 Å². The van der Waals surface area contributed by atoms with Crippen molar-refractivity contribution in [2.75, 3.05) is 6.54 Å². The van der Waals surface area contributed by atoms with Gasteiger partial charge in [0.1, 0.15) is 0 Å². The molecule has 0 N–H and O–H groups in total. The van der Waals surface area contributed by atoms with Gasteiger partial charge in [0.25, 0.3) is 0 Å². The van der Waals surface area contributed by atoms with Crippen molar-refractivity contribution in [3.63, 3.8) is 0 Å². The van der Waals surface area contributed by atoms with E-state index >= 15 is 0 Å². The fraction of sp³-hybridized carbons (Fsp3) is 0.364. The lowest BCUT2D eigenvalue weighted by Crippen LogP contribution is -2.03. The maximum Gasteiger partial charge on any atom is 0.162 e. The Balaban J connectivity index is 2.90. The molecule has 1 rings (SSSR count). The SMILES string of the molecule is CCC(=O)c1ccccc1CCN=O. The van der Waals surface area contributed by atoms with Crippen LogP contribution in [0.1, 0.15) is 29.3 Å². The van der Waals surface area contributed by atoms with E-state index in [4.69, 9.17) is 0 Å². The average Bonchev–Trinajstić information content (AvgIpc) is 2.25. The van der Waals surface area contributed by atoms with Gasteiger partial charge in [0.2, 0.25) is 0 Å². The first-order valence-electron chi connectivity index (χ1n) is 4.69. The predicted molar refractivity (Wildman–Crippen MR) is 55.4 cm³/mol. The molecule has 1 aromatic carbocycles. The summed E-state index contributed by atoms with van der Waals surface area (Å²) in [6, 6.07) is 7.37. The van der Waals surface area contributed by atoms with Crippen molar-refractivity contribution >= 4 is 5.78 Å². The van der Waals surface area contributed by atoms with Crippen LogP contribution in [0.25, 0.3) is 0 Å². The van der Waals surface area contributed by atoms with E-state index < -0.39 is 0 Å². The van der Waals surface area contributed by atoms with Gasteiger partial charge in [-0.2, -0.15) is 4.91 Å². The Bertz CT molecular complexity index is 334. The van der Waals surface area contributed by atoms with Crippen LogP contribution in [-0.4, -0.2) is 12.3 Å². The minimum atomic E-state index is 0.117. The highest BCUT2D eigenvalue weighted by Gasteiger charge is 2.07. The molecule has 0 aliphatic heterocycles. The van der Waals surface area contributed by atoms with Gasteiger partial charge in [-0.1, -0.05) is 36.4 Å². The smallest absolute Gasteiger partial charge is 0.162 e. The number of nitroso groups, excluding NO2 is 1. The molecule has 0 spiro atoms. The maximum atomic E-state index is 11.5. The third kappa shape index (κ3) is 2.49. The molecule has 0 aromatic heterocycles. The number of benzene rings is 1. The molecule has 0 radical (unpaired) electrons. The molecule has 74 valence electrons. The Morgan fingerprint density at radius 1 is 1.36 bits per heavy atom. The van der Waals surface area contributed by atoms with Crippen LogP contribution in [0, 0.1) is 4.91 Å². The highest BCUT2D eigenvalue weighted by Crippen LogP contribution is 2.11. The summed E-state index contributed by atoms with van der Waals surface area (Å²) >= 11 is 0. The monoisotopic (exact) mass is 191 g/mol. The summed E-state index contributed by atoms with van der Waals surface area (Å²) in [6.07, 6.45) is 1.04. The number of Topliss-reactive ketones (excluding diaryl/α,β-unsaturated/α-hetero) is 1. The van der Waals surface area contributed by atoms with E-state index in [0.717, 1.165) is 11.1 Å². The van der Waals surface area contributed by atoms with Crippen molar-refractivity contribution in [1.82, 2.24) is 0 Å². The summed E-state index contributed by atoms with van der Waals surface area (Å²) in [4.78, 5) is 21.5. The first-order chi connectivity index (χ1) is 6.79. The van der Waals surface area contributed by atoms with Crippen LogP contribution in [-0.2, 0) is 6.42 Å². The van der Waals surface area contributed by atoms with E-state index in [2.05, 4.69) is 5.18 Å². The lowest BCUT2D eigenvalue weighted by atomic mass is 10.00. The molecular formula is C11H13NO2. The quantitative estimate of drug-likeness (QED) is 0.530.